The fourth-order valence-electron chi connectivity index (χ4n) is 3.44. The monoisotopic (exact) mass is 375 g/mol. The summed E-state index contributed by atoms with van der Waals surface area (Å²) in [5.41, 5.74) is 2.94. The number of nitrogens with one attached hydrogen (secondary N) is 1. The third kappa shape index (κ3) is 4.41. The quantitative estimate of drug-likeness (QED) is 0.762. The molecule has 5 nitrogen and oxygen atoms in total. The second kappa shape index (κ2) is 8.16. The topological polar surface area (TPSA) is 75.6 Å². The Kier molecular flexibility index (Phi) is 5.91. The highest BCUT2D eigenvalue weighted by atomic mass is 32.2. The van der Waals surface area contributed by atoms with E-state index < -0.39 is 11.2 Å². The van der Waals surface area contributed by atoms with Crippen LogP contribution >= 0.6 is 11.8 Å². The number of aliphatic carboxylic acids is 1. The van der Waals surface area contributed by atoms with Gasteiger partial charge >= 0.3 is 5.97 Å². The molecule has 140 valence electrons. The van der Waals surface area contributed by atoms with E-state index in [9.17, 15) is 14.7 Å². The number of benzene rings is 1. The number of thioether (sulfide) groups is 1. The Hall–Kier alpha value is -1.95. The van der Waals surface area contributed by atoms with Crippen LogP contribution in [0.15, 0.2) is 35.4 Å². The highest BCUT2D eigenvalue weighted by molar-refractivity contribution is 8.01. The van der Waals surface area contributed by atoms with E-state index in [1.54, 1.807) is 0 Å². The molecule has 1 aliphatic carbocycles. The van der Waals surface area contributed by atoms with Crippen molar-refractivity contribution >= 4 is 23.6 Å². The van der Waals surface area contributed by atoms with Gasteiger partial charge in [0.15, 0.2) is 0 Å². The van der Waals surface area contributed by atoms with E-state index in [-0.39, 0.29) is 17.4 Å². The number of carboxylic acids is 1. The van der Waals surface area contributed by atoms with E-state index in [0.29, 0.717) is 6.42 Å². The summed E-state index contributed by atoms with van der Waals surface area (Å²) in [4.78, 5) is 23.9. The van der Waals surface area contributed by atoms with Crippen LogP contribution < -0.4 is 10.1 Å². The summed E-state index contributed by atoms with van der Waals surface area (Å²) in [5, 5.41) is 11.8. The highest BCUT2D eigenvalue weighted by Gasteiger charge is 2.36. The second-order valence-electron chi connectivity index (χ2n) is 7.04. The molecule has 2 unspecified atom stereocenters. The molecular formula is C20H25NO4S. The largest absolute Gasteiger partial charge is 0.491 e. The van der Waals surface area contributed by atoms with Gasteiger partial charge in [0.05, 0.1) is 11.5 Å². The van der Waals surface area contributed by atoms with Crippen LogP contribution in [0, 0.1) is 0 Å². The van der Waals surface area contributed by atoms with Crippen molar-refractivity contribution in [2.24, 2.45) is 0 Å². The molecule has 0 radical (unpaired) electrons. The molecule has 0 saturated carbocycles. The minimum atomic E-state index is -0.850. The number of carboxylic acid groups (broad SMARTS) is 1. The van der Waals surface area contributed by atoms with Gasteiger partial charge in [-0.3, -0.25) is 9.59 Å². The SMILES string of the molecule is CC(C)Oc1ccc(CC(SC2NC(=O)C3=C2CCCC3)C(=O)O)cc1. The summed E-state index contributed by atoms with van der Waals surface area (Å²) in [6.07, 6.45) is 4.33. The predicted molar refractivity (Wildman–Crippen MR) is 102 cm³/mol. The highest BCUT2D eigenvalue weighted by Crippen LogP contribution is 2.38. The van der Waals surface area contributed by atoms with E-state index in [1.165, 1.54) is 11.8 Å². The van der Waals surface area contributed by atoms with Crippen LogP contribution in [0.3, 0.4) is 0 Å². The number of carbonyl (C=O) groups excluding carboxylic acids is 1. The van der Waals surface area contributed by atoms with Crippen LogP contribution in [-0.4, -0.2) is 33.7 Å². The van der Waals surface area contributed by atoms with Gasteiger partial charge in [0, 0.05) is 5.57 Å². The van der Waals surface area contributed by atoms with Gasteiger partial charge in [0.2, 0.25) is 5.91 Å². The van der Waals surface area contributed by atoms with Crippen molar-refractivity contribution in [2.75, 3.05) is 0 Å². The molecule has 26 heavy (non-hydrogen) atoms. The summed E-state index contributed by atoms with van der Waals surface area (Å²) in [6.45, 7) is 3.93. The van der Waals surface area contributed by atoms with Crippen LogP contribution in [0.2, 0.25) is 0 Å². The zero-order chi connectivity index (χ0) is 18.7. The summed E-state index contributed by atoms with van der Waals surface area (Å²) in [5.74, 6) is -0.0866. The third-order valence-electron chi connectivity index (χ3n) is 4.66. The average molecular weight is 375 g/mol. The van der Waals surface area contributed by atoms with Gasteiger partial charge < -0.3 is 15.2 Å². The van der Waals surface area contributed by atoms with Crippen molar-refractivity contribution in [1.29, 1.82) is 0 Å². The first-order valence-corrected chi connectivity index (χ1v) is 10.0. The zero-order valence-electron chi connectivity index (χ0n) is 15.2. The van der Waals surface area contributed by atoms with Crippen LogP contribution in [0.1, 0.15) is 45.1 Å². The van der Waals surface area contributed by atoms with E-state index in [2.05, 4.69) is 5.32 Å². The molecule has 2 aliphatic rings. The molecule has 6 heteroatoms. The predicted octanol–water partition coefficient (Wildman–Crippen LogP) is 3.53. The fourth-order valence-corrected chi connectivity index (χ4v) is 4.77. The first-order chi connectivity index (χ1) is 12.4. The average Bonchev–Trinajstić information content (AvgIpc) is 2.92. The minimum Gasteiger partial charge on any atom is -0.491 e. The van der Waals surface area contributed by atoms with Crippen LogP contribution in [-0.2, 0) is 16.0 Å². The Morgan fingerprint density at radius 3 is 2.62 bits per heavy atom. The first kappa shape index (κ1) is 18.8. The lowest BCUT2D eigenvalue weighted by molar-refractivity contribution is -0.136. The summed E-state index contributed by atoms with van der Waals surface area (Å²) in [6, 6.07) is 7.57. The van der Waals surface area contributed by atoms with Crippen molar-refractivity contribution in [3.8, 4) is 5.75 Å². The zero-order valence-corrected chi connectivity index (χ0v) is 16.0. The standard InChI is InChI=1S/C20H25NO4S/c1-12(2)25-14-9-7-13(8-10-14)11-17(20(23)24)26-19-16-6-4-3-5-15(16)18(22)21-19/h7-10,12,17,19H,3-6,11H2,1-2H3,(H,21,22)(H,23,24). The molecule has 1 aromatic rings. The molecule has 1 heterocycles. The molecule has 0 bridgehead atoms. The van der Waals surface area contributed by atoms with Crippen molar-refractivity contribution in [3.63, 3.8) is 0 Å². The van der Waals surface area contributed by atoms with Crippen molar-refractivity contribution < 1.29 is 19.4 Å². The maximum absolute atomic E-state index is 12.1. The van der Waals surface area contributed by atoms with Crippen LogP contribution in [0.25, 0.3) is 0 Å². The van der Waals surface area contributed by atoms with E-state index in [1.807, 2.05) is 38.1 Å². The minimum absolute atomic E-state index is 0.0171. The normalized spacial score (nSPS) is 20.7. The fraction of sp³-hybridized carbons (Fsp3) is 0.500. The van der Waals surface area contributed by atoms with Gasteiger partial charge in [0.25, 0.3) is 0 Å². The van der Waals surface area contributed by atoms with E-state index >= 15 is 0 Å². The Balaban J connectivity index is 1.67. The molecule has 0 saturated heterocycles. The molecule has 3 rings (SSSR count). The number of ether oxygens (including phenoxy) is 1. The first-order valence-electron chi connectivity index (χ1n) is 9.10. The summed E-state index contributed by atoms with van der Waals surface area (Å²) < 4.78 is 5.63. The maximum Gasteiger partial charge on any atom is 0.317 e. The molecule has 2 N–H and O–H groups in total. The van der Waals surface area contributed by atoms with Crippen molar-refractivity contribution in [3.05, 3.63) is 41.0 Å². The van der Waals surface area contributed by atoms with Gasteiger partial charge in [-0.05, 0) is 69.2 Å². The van der Waals surface area contributed by atoms with Gasteiger partial charge in [0.1, 0.15) is 11.0 Å². The molecule has 1 aliphatic heterocycles. The maximum atomic E-state index is 12.1. The van der Waals surface area contributed by atoms with E-state index in [0.717, 1.165) is 48.1 Å². The lowest BCUT2D eigenvalue weighted by Crippen LogP contribution is -2.31. The van der Waals surface area contributed by atoms with Crippen molar-refractivity contribution in [2.45, 2.75) is 62.7 Å². The number of amides is 1. The van der Waals surface area contributed by atoms with Gasteiger partial charge in [-0.1, -0.05) is 12.1 Å². The van der Waals surface area contributed by atoms with Crippen molar-refractivity contribution in [1.82, 2.24) is 5.32 Å². The molecule has 0 fully saturated rings. The number of rotatable bonds is 7. The third-order valence-corrected chi connectivity index (χ3v) is 6.03. The molecule has 0 spiro atoms. The Bertz CT molecular complexity index is 711. The van der Waals surface area contributed by atoms with Gasteiger partial charge in [-0.25, -0.2) is 0 Å². The number of carbonyl (C=O) groups is 2. The van der Waals surface area contributed by atoms with E-state index in [4.69, 9.17) is 4.74 Å². The smallest absolute Gasteiger partial charge is 0.317 e. The summed E-state index contributed by atoms with van der Waals surface area (Å²) >= 11 is 1.34. The summed E-state index contributed by atoms with van der Waals surface area (Å²) in [7, 11) is 0. The number of hydrogen-bond acceptors (Lipinski definition) is 4. The lowest BCUT2D eigenvalue weighted by atomic mass is 9.94. The molecule has 1 amide bonds. The molecule has 0 aromatic heterocycles. The molecule has 1 aromatic carbocycles. The Morgan fingerprint density at radius 2 is 1.96 bits per heavy atom. The second-order valence-corrected chi connectivity index (χ2v) is 8.35. The van der Waals surface area contributed by atoms with Gasteiger partial charge in [-0.2, -0.15) is 0 Å². The Morgan fingerprint density at radius 1 is 1.27 bits per heavy atom. The van der Waals surface area contributed by atoms with Gasteiger partial charge in [-0.15, -0.1) is 11.8 Å². The van der Waals surface area contributed by atoms with Crippen LogP contribution in [0.4, 0.5) is 0 Å². The number of hydrogen-bond donors (Lipinski definition) is 2. The van der Waals surface area contributed by atoms with Crippen LogP contribution in [0.5, 0.6) is 5.75 Å². The molecular weight excluding hydrogens is 350 g/mol. The lowest BCUT2D eigenvalue weighted by Gasteiger charge is -2.21. The molecule has 2 atom stereocenters. The Labute approximate surface area is 158 Å².